The van der Waals surface area contributed by atoms with Crippen LogP contribution in [0.5, 0.6) is 5.75 Å². The van der Waals surface area contributed by atoms with Crippen molar-refractivity contribution >= 4 is 15.8 Å². The molecule has 1 aromatic heterocycles. The smallest absolute Gasteiger partial charge is 0.246 e. The van der Waals surface area contributed by atoms with Crippen LogP contribution in [0, 0.1) is 0 Å². The van der Waals surface area contributed by atoms with Gasteiger partial charge in [-0.15, -0.1) is 0 Å². The van der Waals surface area contributed by atoms with Crippen molar-refractivity contribution in [3.8, 4) is 5.75 Å². The summed E-state index contributed by atoms with van der Waals surface area (Å²) in [5, 5.41) is 6.00. The Morgan fingerprint density at radius 1 is 1.45 bits per heavy atom. The fraction of sp³-hybridized carbons (Fsp3) is 0.250. The van der Waals surface area contributed by atoms with Crippen molar-refractivity contribution in [3.05, 3.63) is 36.0 Å². The molecular weight excluding hydrogens is 280 g/mol. The Balaban J connectivity index is 2.23. The molecule has 1 heterocycles. The van der Waals surface area contributed by atoms with E-state index in [0.29, 0.717) is 5.75 Å². The summed E-state index contributed by atoms with van der Waals surface area (Å²) in [6.45, 7) is 1.74. The van der Waals surface area contributed by atoms with E-state index in [2.05, 4.69) is 14.9 Å². The Bertz CT molecular complexity index is 696. The summed E-state index contributed by atoms with van der Waals surface area (Å²) in [5.74, 6) is 0.673. The van der Waals surface area contributed by atoms with Crippen molar-refractivity contribution in [1.82, 2.24) is 14.9 Å². The largest absolute Gasteiger partial charge is 0.497 e. The fourth-order valence-electron chi connectivity index (χ4n) is 1.77. The number of sulfonamides is 1. The molecule has 8 heteroatoms. The number of rotatable bonds is 5. The highest BCUT2D eigenvalue weighted by atomic mass is 32.2. The van der Waals surface area contributed by atoms with Gasteiger partial charge in [0.15, 0.2) is 0 Å². The van der Waals surface area contributed by atoms with Crippen LogP contribution in [0.1, 0.15) is 18.5 Å². The van der Waals surface area contributed by atoms with Gasteiger partial charge in [0.1, 0.15) is 16.5 Å². The Kier molecular flexibility index (Phi) is 3.96. The fourth-order valence-corrected chi connectivity index (χ4v) is 3.03. The van der Waals surface area contributed by atoms with Crippen LogP contribution in [0.15, 0.2) is 35.4 Å². The van der Waals surface area contributed by atoms with E-state index in [0.717, 1.165) is 5.56 Å². The van der Waals surface area contributed by atoms with Gasteiger partial charge in [0.2, 0.25) is 10.0 Å². The zero-order valence-corrected chi connectivity index (χ0v) is 11.9. The van der Waals surface area contributed by atoms with Crippen LogP contribution >= 0.6 is 0 Å². The second-order valence-electron chi connectivity index (χ2n) is 4.27. The molecule has 7 nitrogen and oxygen atoms in total. The summed E-state index contributed by atoms with van der Waals surface area (Å²) in [4.78, 5) is -0.0627. The third-order valence-corrected chi connectivity index (χ3v) is 4.42. The van der Waals surface area contributed by atoms with Crippen molar-refractivity contribution in [2.45, 2.75) is 17.9 Å². The molecule has 0 spiro atoms. The molecule has 2 rings (SSSR count). The minimum Gasteiger partial charge on any atom is -0.497 e. The number of nitrogens with one attached hydrogen (secondary N) is 2. The monoisotopic (exact) mass is 296 g/mol. The molecule has 2 aromatic rings. The van der Waals surface area contributed by atoms with E-state index in [1.807, 2.05) is 6.07 Å². The van der Waals surface area contributed by atoms with Crippen molar-refractivity contribution in [1.29, 1.82) is 0 Å². The maximum atomic E-state index is 12.2. The van der Waals surface area contributed by atoms with Gasteiger partial charge in [-0.3, -0.25) is 5.10 Å². The molecule has 4 N–H and O–H groups in total. The number of benzene rings is 1. The lowest BCUT2D eigenvalue weighted by atomic mass is 10.1. The molecule has 0 bridgehead atoms. The second-order valence-corrected chi connectivity index (χ2v) is 5.95. The molecule has 0 saturated carbocycles. The van der Waals surface area contributed by atoms with Crippen LogP contribution in [0.4, 0.5) is 5.82 Å². The SMILES string of the molecule is COc1cccc(C(C)NS(=O)(=O)c2cn[nH]c2N)c1. The lowest BCUT2D eigenvalue weighted by molar-refractivity contribution is 0.413. The maximum Gasteiger partial charge on any atom is 0.246 e. The predicted molar refractivity (Wildman–Crippen MR) is 74.7 cm³/mol. The van der Waals surface area contributed by atoms with Crippen LogP contribution in [0.25, 0.3) is 0 Å². The van der Waals surface area contributed by atoms with Crippen molar-refractivity contribution in [3.63, 3.8) is 0 Å². The summed E-state index contributed by atoms with van der Waals surface area (Å²) in [6, 6.07) is 6.74. The van der Waals surface area contributed by atoms with Gasteiger partial charge in [-0.05, 0) is 24.6 Å². The molecule has 0 aliphatic heterocycles. The Morgan fingerprint density at radius 3 is 2.80 bits per heavy atom. The highest BCUT2D eigenvalue weighted by molar-refractivity contribution is 7.89. The van der Waals surface area contributed by atoms with E-state index in [1.165, 1.54) is 6.20 Å². The number of anilines is 1. The number of hydrogen-bond acceptors (Lipinski definition) is 5. The van der Waals surface area contributed by atoms with E-state index in [-0.39, 0.29) is 10.7 Å². The molecule has 0 fully saturated rings. The van der Waals surface area contributed by atoms with Gasteiger partial charge in [-0.25, -0.2) is 13.1 Å². The van der Waals surface area contributed by atoms with Crippen molar-refractivity contribution in [2.75, 3.05) is 12.8 Å². The van der Waals surface area contributed by atoms with Crippen molar-refractivity contribution in [2.24, 2.45) is 0 Å². The third kappa shape index (κ3) is 2.91. The molecule has 1 aromatic carbocycles. The van der Waals surface area contributed by atoms with Gasteiger partial charge in [0, 0.05) is 6.04 Å². The number of nitrogen functional groups attached to an aromatic ring is 1. The van der Waals surface area contributed by atoms with Gasteiger partial charge >= 0.3 is 0 Å². The standard InChI is InChI=1S/C12H16N4O3S/c1-8(9-4-3-5-10(6-9)19-2)16-20(17,18)11-7-14-15-12(11)13/h3-8,16H,1-2H3,(H3,13,14,15). The number of nitrogens with two attached hydrogens (primary N) is 1. The van der Waals surface area contributed by atoms with Crippen LogP contribution in [0.2, 0.25) is 0 Å². The normalized spacial score (nSPS) is 13.1. The van der Waals surface area contributed by atoms with Gasteiger partial charge < -0.3 is 10.5 Å². The first kappa shape index (κ1) is 14.4. The lowest BCUT2D eigenvalue weighted by Gasteiger charge is -2.15. The molecule has 0 amide bonds. The zero-order chi connectivity index (χ0) is 14.8. The number of nitrogens with zero attached hydrogens (tertiary/aromatic N) is 1. The zero-order valence-electron chi connectivity index (χ0n) is 11.1. The van der Waals surface area contributed by atoms with Crippen LogP contribution < -0.4 is 15.2 Å². The molecule has 0 radical (unpaired) electrons. The summed E-state index contributed by atoms with van der Waals surface area (Å²) in [7, 11) is -2.17. The Labute approximate surface area is 117 Å². The topological polar surface area (TPSA) is 110 Å². The van der Waals surface area contributed by atoms with Crippen LogP contribution in [-0.2, 0) is 10.0 Å². The van der Waals surface area contributed by atoms with Gasteiger partial charge in [0.05, 0.1) is 13.3 Å². The Hall–Kier alpha value is -2.06. The maximum absolute atomic E-state index is 12.2. The van der Waals surface area contributed by atoms with Gasteiger partial charge in [0.25, 0.3) is 0 Å². The first-order chi connectivity index (χ1) is 9.44. The second kappa shape index (κ2) is 5.51. The number of methoxy groups -OCH3 is 1. The summed E-state index contributed by atoms with van der Waals surface area (Å²) in [5.41, 5.74) is 6.32. The number of ether oxygens (including phenoxy) is 1. The van der Waals surface area contributed by atoms with E-state index in [9.17, 15) is 8.42 Å². The van der Waals surface area contributed by atoms with Crippen LogP contribution in [-0.4, -0.2) is 25.7 Å². The molecule has 0 aliphatic carbocycles. The van der Waals surface area contributed by atoms with E-state index in [1.54, 1.807) is 32.2 Å². The van der Waals surface area contributed by atoms with Gasteiger partial charge in [-0.1, -0.05) is 12.1 Å². The summed E-state index contributed by atoms with van der Waals surface area (Å²) < 4.78 is 32.0. The number of hydrogen-bond donors (Lipinski definition) is 3. The summed E-state index contributed by atoms with van der Waals surface area (Å²) in [6.07, 6.45) is 1.18. The van der Waals surface area contributed by atoms with E-state index < -0.39 is 16.1 Å². The van der Waals surface area contributed by atoms with Crippen molar-refractivity contribution < 1.29 is 13.2 Å². The summed E-state index contributed by atoms with van der Waals surface area (Å²) >= 11 is 0. The molecule has 1 unspecified atom stereocenters. The Morgan fingerprint density at radius 2 is 2.20 bits per heavy atom. The third-order valence-electron chi connectivity index (χ3n) is 2.85. The number of H-pyrrole nitrogens is 1. The quantitative estimate of drug-likeness (QED) is 0.763. The minimum atomic E-state index is -3.72. The van der Waals surface area contributed by atoms with Gasteiger partial charge in [-0.2, -0.15) is 5.10 Å². The highest BCUT2D eigenvalue weighted by Gasteiger charge is 2.22. The molecule has 20 heavy (non-hydrogen) atoms. The molecule has 1 atom stereocenters. The highest BCUT2D eigenvalue weighted by Crippen LogP contribution is 2.22. The van der Waals surface area contributed by atoms with E-state index in [4.69, 9.17) is 10.5 Å². The molecule has 0 aliphatic rings. The predicted octanol–water partition coefficient (Wildman–Crippen LogP) is 1.04. The first-order valence-electron chi connectivity index (χ1n) is 5.89. The van der Waals surface area contributed by atoms with E-state index >= 15 is 0 Å². The lowest BCUT2D eigenvalue weighted by Crippen LogP contribution is -2.27. The first-order valence-corrected chi connectivity index (χ1v) is 7.37. The molecular formula is C12H16N4O3S. The average Bonchev–Trinajstić information content (AvgIpc) is 2.85. The number of aromatic amines is 1. The molecule has 0 saturated heterocycles. The average molecular weight is 296 g/mol. The minimum absolute atomic E-state index is 0.00958. The van der Waals surface area contributed by atoms with Crippen LogP contribution in [0.3, 0.4) is 0 Å². The molecule has 108 valence electrons. The number of aromatic nitrogens is 2.